The van der Waals surface area contributed by atoms with Crippen LogP contribution < -0.4 is 4.74 Å². The summed E-state index contributed by atoms with van der Waals surface area (Å²) in [5, 5.41) is 20.3. The minimum Gasteiger partial charge on any atom is -0.482 e. The first-order valence-electron chi connectivity index (χ1n) is 10.3. The van der Waals surface area contributed by atoms with Crippen molar-refractivity contribution < 1.29 is 28.0 Å². The highest BCUT2D eigenvalue weighted by Gasteiger charge is 2.42. The van der Waals surface area contributed by atoms with Crippen molar-refractivity contribution >= 4 is 21.6 Å². The van der Waals surface area contributed by atoms with Gasteiger partial charge in [0.05, 0.1) is 4.90 Å². The van der Waals surface area contributed by atoms with Gasteiger partial charge in [0.1, 0.15) is 5.75 Å². The second-order valence-corrected chi connectivity index (χ2v) is 12.1. The van der Waals surface area contributed by atoms with E-state index in [1.807, 2.05) is 41.5 Å². The van der Waals surface area contributed by atoms with Gasteiger partial charge in [0.2, 0.25) is 20.7 Å². The molecule has 2 aromatic rings. The second kappa shape index (κ2) is 8.77. The predicted octanol–water partition coefficient (Wildman–Crippen LogP) is 4.05. The number of hydrogen-bond donors (Lipinski definition) is 1. The molecule has 0 amide bonds. The van der Waals surface area contributed by atoms with Crippen LogP contribution in [0.15, 0.2) is 22.1 Å². The van der Waals surface area contributed by atoms with Crippen LogP contribution in [0, 0.1) is 29.4 Å². The third-order valence-corrected chi connectivity index (χ3v) is 6.79. The van der Waals surface area contributed by atoms with Crippen molar-refractivity contribution in [3.63, 3.8) is 0 Å². The van der Waals surface area contributed by atoms with Gasteiger partial charge < -0.3 is 20.0 Å². The number of hydrogen-bond acceptors (Lipinski definition) is 7. The minimum atomic E-state index is -4.38. The number of imidazole rings is 1. The molecule has 2 rings (SSSR count). The molecule has 33 heavy (non-hydrogen) atoms. The summed E-state index contributed by atoms with van der Waals surface area (Å²) in [5.41, 5.74) is -0.476. The quantitative estimate of drug-likeness (QED) is 0.461. The maximum absolute atomic E-state index is 13.9. The normalized spacial score (nSPS) is 12.6. The number of aryl methyl sites for hydroxylation is 2. The van der Waals surface area contributed by atoms with Crippen molar-refractivity contribution in [2.24, 2.45) is 5.41 Å². The molecule has 10 nitrogen and oxygen atoms in total. The van der Waals surface area contributed by atoms with Gasteiger partial charge in [-0.25, -0.2) is 13.2 Å². The number of benzene rings is 1. The SMILES string of the molecule is Cc1cc(OCC(=O)O)cc(C)c1S(=O)(=O)c1c([N+](=O)[O-])nc(C(C)(C)C)n1CC(C)(C)C. The summed E-state index contributed by atoms with van der Waals surface area (Å²) >= 11 is 0. The highest BCUT2D eigenvalue weighted by molar-refractivity contribution is 7.91. The topological polar surface area (TPSA) is 142 Å². The molecule has 1 aromatic carbocycles. The Hall–Kier alpha value is -2.95. The zero-order valence-electron chi connectivity index (χ0n) is 20.2. The number of nitrogens with zero attached hydrogens (tertiary/aromatic N) is 3. The highest BCUT2D eigenvalue weighted by Crippen LogP contribution is 2.39. The zero-order valence-corrected chi connectivity index (χ0v) is 21.0. The predicted molar refractivity (Wildman–Crippen MR) is 122 cm³/mol. The summed E-state index contributed by atoms with van der Waals surface area (Å²) in [6.07, 6.45) is 0. The van der Waals surface area contributed by atoms with Crippen LogP contribution in [0.25, 0.3) is 0 Å². The van der Waals surface area contributed by atoms with E-state index < -0.39 is 49.0 Å². The Morgan fingerprint density at radius 2 is 1.67 bits per heavy atom. The lowest BCUT2D eigenvalue weighted by molar-refractivity contribution is -0.392. The molecule has 0 aliphatic rings. The average molecular weight is 482 g/mol. The van der Waals surface area contributed by atoms with Gasteiger partial charge in [-0.1, -0.05) is 41.5 Å². The summed E-state index contributed by atoms with van der Waals surface area (Å²) in [4.78, 5) is 26.0. The number of carboxylic acids is 1. The van der Waals surface area contributed by atoms with E-state index >= 15 is 0 Å². The molecule has 0 unspecified atom stereocenters. The molecule has 0 atom stereocenters. The first kappa shape index (κ1) is 26.3. The number of aliphatic carboxylic acids is 1. The standard InChI is InChI=1S/C22H31N3O7S/c1-13-9-15(32-11-16(26)27)10-14(2)17(13)33(30,31)19-18(25(28)29)23-20(22(6,7)8)24(19)12-21(3,4)5/h9-10H,11-12H2,1-8H3,(H,26,27). The monoisotopic (exact) mass is 481 g/mol. The van der Waals surface area contributed by atoms with Gasteiger partial charge in [-0.2, -0.15) is 0 Å². The van der Waals surface area contributed by atoms with Crippen molar-refractivity contribution in [1.82, 2.24) is 9.55 Å². The lowest BCUT2D eigenvalue weighted by Crippen LogP contribution is -2.26. The van der Waals surface area contributed by atoms with Crippen molar-refractivity contribution in [3.05, 3.63) is 39.2 Å². The summed E-state index contributed by atoms with van der Waals surface area (Å²) in [6.45, 7) is 13.9. The minimum absolute atomic E-state index is 0.0937. The fraction of sp³-hybridized carbons (Fsp3) is 0.545. The van der Waals surface area contributed by atoms with E-state index in [-0.39, 0.29) is 28.3 Å². The lowest BCUT2D eigenvalue weighted by atomic mass is 9.93. The Balaban J connectivity index is 2.86. The van der Waals surface area contributed by atoms with Crippen molar-refractivity contribution in [1.29, 1.82) is 0 Å². The van der Waals surface area contributed by atoms with Gasteiger partial charge in [-0.15, -0.1) is 0 Å². The first-order chi connectivity index (χ1) is 14.9. The number of carboxylic acid groups (broad SMARTS) is 1. The molecule has 0 saturated heterocycles. The molecular formula is C22H31N3O7S. The van der Waals surface area contributed by atoms with E-state index in [0.29, 0.717) is 5.82 Å². The summed E-state index contributed by atoms with van der Waals surface area (Å²) in [7, 11) is -4.38. The van der Waals surface area contributed by atoms with Crippen molar-refractivity contribution in [2.75, 3.05) is 6.61 Å². The van der Waals surface area contributed by atoms with E-state index in [2.05, 4.69) is 4.98 Å². The molecule has 0 radical (unpaired) electrons. The Bertz CT molecular complexity index is 1180. The van der Waals surface area contributed by atoms with Crippen LogP contribution >= 0.6 is 0 Å². The Kier molecular flexibility index (Phi) is 6.99. The third kappa shape index (κ3) is 5.70. The van der Waals surface area contributed by atoms with Gasteiger partial charge >= 0.3 is 11.8 Å². The fourth-order valence-electron chi connectivity index (χ4n) is 3.66. The number of carbonyl (C=O) groups is 1. The first-order valence-corrected chi connectivity index (χ1v) is 11.8. The van der Waals surface area contributed by atoms with E-state index in [1.165, 1.54) is 30.5 Å². The molecule has 1 aromatic heterocycles. The van der Waals surface area contributed by atoms with Crippen LogP contribution in [0.5, 0.6) is 5.75 Å². The Morgan fingerprint density at radius 3 is 2.06 bits per heavy atom. The molecular weight excluding hydrogens is 450 g/mol. The van der Waals surface area contributed by atoms with E-state index in [9.17, 15) is 23.3 Å². The molecule has 11 heteroatoms. The summed E-state index contributed by atoms with van der Waals surface area (Å²) in [5.74, 6) is -1.38. The van der Waals surface area contributed by atoms with E-state index in [4.69, 9.17) is 9.84 Å². The van der Waals surface area contributed by atoms with Crippen LogP contribution in [0.3, 0.4) is 0 Å². The van der Waals surface area contributed by atoms with Gasteiger partial charge in [0, 0.05) is 12.0 Å². The largest absolute Gasteiger partial charge is 0.482 e. The van der Waals surface area contributed by atoms with Crippen LogP contribution in [0.4, 0.5) is 5.82 Å². The molecule has 0 saturated carbocycles. The molecule has 0 spiro atoms. The van der Waals surface area contributed by atoms with E-state index in [0.717, 1.165) is 0 Å². The average Bonchev–Trinajstić information content (AvgIpc) is 2.97. The molecule has 0 aliphatic carbocycles. The highest BCUT2D eigenvalue weighted by atomic mass is 32.2. The number of ether oxygens (including phenoxy) is 1. The van der Waals surface area contributed by atoms with Crippen LogP contribution in [-0.2, 0) is 26.6 Å². The molecule has 182 valence electrons. The summed E-state index contributed by atoms with van der Waals surface area (Å²) < 4.78 is 34.5. The van der Waals surface area contributed by atoms with Crippen molar-refractivity contribution in [2.45, 2.75) is 77.3 Å². The van der Waals surface area contributed by atoms with Gasteiger partial charge in [0.15, 0.2) is 6.61 Å². The number of rotatable bonds is 7. The maximum atomic E-state index is 13.9. The Morgan fingerprint density at radius 1 is 1.15 bits per heavy atom. The molecule has 0 aliphatic heterocycles. The summed E-state index contributed by atoms with van der Waals surface area (Å²) in [6, 6.07) is 2.81. The van der Waals surface area contributed by atoms with Gasteiger partial charge in [0.25, 0.3) is 0 Å². The molecule has 0 bridgehead atoms. The maximum Gasteiger partial charge on any atom is 0.401 e. The van der Waals surface area contributed by atoms with Crippen LogP contribution in [-0.4, -0.2) is 40.6 Å². The van der Waals surface area contributed by atoms with Gasteiger partial charge in [-0.3, -0.25) is 4.57 Å². The van der Waals surface area contributed by atoms with Crippen LogP contribution in [0.2, 0.25) is 0 Å². The second-order valence-electron chi connectivity index (χ2n) is 10.3. The Labute approximate surface area is 193 Å². The third-order valence-electron chi connectivity index (χ3n) is 4.70. The van der Waals surface area contributed by atoms with Gasteiger partial charge in [-0.05, 0) is 52.4 Å². The van der Waals surface area contributed by atoms with Crippen LogP contribution in [0.1, 0.15) is 58.5 Å². The lowest BCUT2D eigenvalue weighted by Gasteiger charge is -2.24. The molecule has 1 heterocycles. The number of nitro groups is 1. The van der Waals surface area contributed by atoms with Crippen molar-refractivity contribution in [3.8, 4) is 5.75 Å². The number of aromatic nitrogens is 2. The molecule has 0 fully saturated rings. The fourth-order valence-corrected chi connectivity index (χ4v) is 5.62. The van der Waals surface area contributed by atoms with E-state index in [1.54, 1.807) is 0 Å². The number of sulfone groups is 1. The smallest absolute Gasteiger partial charge is 0.401 e. The zero-order chi connectivity index (χ0) is 25.5. The molecule has 1 N–H and O–H groups in total.